The third-order valence-electron chi connectivity index (χ3n) is 4.18. The zero-order valence-electron chi connectivity index (χ0n) is 14.2. The lowest BCUT2D eigenvalue weighted by Gasteiger charge is -2.10. The third kappa shape index (κ3) is 2.63. The number of aromatic nitrogens is 4. The van der Waals surface area contributed by atoms with Crippen molar-refractivity contribution in [1.82, 2.24) is 19.7 Å². The number of fused-ring (bicyclic) bond motifs is 1. The molecule has 0 aliphatic rings. The van der Waals surface area contributed by atoms with Crippen LogP contribution in [-0.2, 0) is 0 Å². The Morgan fingerprint density at radius 1 is 1.08 bits per heavy atom. The molecule has 2 aromatic carbocycles. The number of rotatable bonds is 3. The second kappa shape index (κ2) is 6.11. The quantitative estimate of drug-likeness (QED) is 0.546. The van der Waals surface area contributed by atoms with Gasteiger partial charge in [-0.05, 0) is 49.7 Å². The molecule has 0 amide bonds. The fourth-order valence-corrected chi connectivity index (χ4v) is 2.92. The van der Waals surface area contributed by atoms with E-state index in [1.54, 1.807) is 36.4 Å². The fraction of sp³-hybridized carbons (Fsp3) is 0.105. The van der Waals surface area contributed by atoms with Gasteiger partial charge in [0.2, 0.25) is 0 Å². The maximum Gasteiger partial charge on any atom is 0.168 e. The highest BCUT2D eigenvalue weighted by Crippen LogP contribution is 2.30. The van der Waals surface area contributed by atoms with Crippen molar-refractivity contribution in [2.45, 2.75) is 13.8 Å². The zero-order chi connectivity index (χ0) is 18.3. The van der Waals surface area contributed by atoms with Crippen molar-refractivity contribution in [3.05, 3.63) is 65.9 Å². The summed E-state index contributed by atoms with van der Waals surface area (Å²) in [7, 11) is 0. The topological polar surface area (TPSA) is 75.9 Å². The SMILES string of the molecule is Cc1cc(O)ccc1Nc1ncnc2c1c(C)nn2-c1ccccc1F. The minimum atomic E-state index is -0.376. The van der Waals surface area contributed by atoms with Crippen LogP contribution in [0.25, 0.3) is 16.7 Å². The summed E-state index contributed by atoms with van der Waals surface area (Å²) in [4.78, 5) is 8.63. The van der Waals surface area contributed by atoms with Gasteiger partial charge in [0.1, 0.15) is 29.4 Å². The maximum atomic E-state index is 14.2. The number of anilines is 2. The monoisotopic (exact) mass is 349 g/mol. The molecule has 0 unspecified atom stereocenters. The minimum Gasteiger partial charge on any atom is -0.508 e. The number of para-hydroxylation sites is 1. The van der Waals surface area contributed by atoms with Gasteiger partial charge in [-0.15, -0.1) is 0 Å². The van der Waals surface area contributed by atoms with Crippen molar-refractivity contribution in [2.75, 3.05) is 5.32 Å². The first-order valence-electron chi connectivity index (χ1n) is 8.06. The Morgan fingerprint density at radius 2 is 1.88 bits per heavy atom. The van der Waals surface area contributed by atoms with Crippen molar-refractivity contribution >= 4 is 22.5 Å². The molecule has 2 N–H and O–H groups in total. The van der Waals surface area contributed by atoms with Gasteiger partial charge >= 0.3 is 0 Å². The number of phenolic OH excluding ortho intramolecular Hbond substituents is 1. The minimum absolute atomic E-state index is 0.199. The summed E-state index contributed by atoms with van der Waals surface area (Å²) in [6, 6.07) is 11.5. The number of nitrogens with zero attached hydrogens (tertiary/aromatic N) is 4. The number of aryl methyl sites for hydroxylation is 2. The van der Waals surface area contributed by atoms with Crippen LogP contribution in [0, 0.1) is 19.7 Å². The first-order valence-corrected chi connectivity index (χ1v) is 8.06. The van der Waals surface area contributed by atoms with Crippen LogP contribution in [-0.4, -0.2) is 24.9 Å². The molecule has 130 valence electrons. The lowest BCUT2D eigenvalue weighted by atomic mass is 10.2. The van der Waals surface area contributed by atoms with Gasteiger partial charge in [0.05, 0.1) is 11.1 Å². The maximum absolute atomic E-state index is 14.2. The molecular formula is C19H16FN5O. The first-order chi connectivity index (χ1) is 12.5. The van der Waals surface area contributed by atoms with E-state index in [1.807, 2.05) is 13.8 Å². The molecule has 0 saturated heterocycles. The second-order valence-electron chi connectivity index (χ2n) is 5.99. The van der Waals surface area contributed by atoms with Crippen molar-refractivity contribution in [1.29, 1.82) is 0 Å². The summed E-state index contributed by atoms with van der Waals surface area (Å²) >= 11 is 0. The highest BCUT2D eigenvalue weighted by Gasteiger charge is 2.17. The number of hydrogen-bond acceptors (Lipinski definition) is 5. The van der Waals surface area contributed by atoms with Crippen LogP contribution in [0.2, 0.25) is 0 Å². The molecule has 0 atom stereocenters. The van der Waals surface area contributed by atoms with Gasteiger partial charge in [0.15, 0.2) is 5.65 Å². The predicted molar refractivity (Wildman–Crippen MR) is 97.5 cm³/mol. The summed E-state index contributed by atoms with van der Waals surface area (Å²) in [5, 5.41) is 18.0. The van der Waals surface area contributed by atoms with E-state index in [9.17, 15) is 9.50 Å². The molecule has 6 nitrogen and oxygen atoms in total. The van der Waals surface area contributed by atoms with Crippen molar-refractivity contribution in [3.8, 4) is 11.4 Å². The van der Waals surface area contributed by atoms with E-state index >= 15 is 0 Å². The van der Waals surface area contributed by atoms with Crippen molar-refractivity contribution < 1.29 is 9.50 Å². The van der Waals surface area contributed by atoms with Gasteiger partial charge in [-0.1, -0.05) is 12.1 Å². The summed E-state index contributed by atoms with van der Waals surface area (Å²) in [6.45, 7) is 3.72. The van der Waals surface area contributed by atoms with Crippen LogP contribution in [0.3, 0.4) is 0 Å². The lowest BCUT2D eigenvalue weighted by molar-refractivity contribution is 0.475. The van der Waals surface area contributed by atoms with E-state index in [4.69, 9.17) is 0 Å². The number of aromatic hydroxyl groups is 1. The third-order valence-corrected chi connectivity index (χ3v) is 4.18. The fourth-order valence-electron chi connectivity index (χ4n) is 2.92. The van der Waals surface area contributed by atoms with E-state index in [-0.39, 0.29) is 11.6 Å². The van der Waals surface area contributed by atoms with Crippen LogP contribution >= 0.6 is 0 Å². The number of hydrogen-bond donors (Lipinski definition) is 2. The average molecular weight is 349 g/mol. The Kier molecular flexibility index (Phi) is 3.76. The van der Waals surface area contributed by atoms with E-state index in [0.29, 0.717) is 28.2 Å². The molecule has 0 bridgehead atoms. The van der Waals surface area contributed by atoms with Crippen LogP contribution in [0.15, 0.2) is 48.8 Å². The molecule has 0 aliphatic carbocycles. The van der Waals surface area contributed by atoms with Gasteiger partial charge in [0, 0.05) is 5.69 Å². The zero-order valence-corrected chi connectivity index (χ0v) is 14.2. The van der Waals surface area contributed by atoms with Crippen molar-refractivity contribution in [2.24, 2.45) is 0 Å². The number of benzene rings is 2. The van der Waals surface area contributed by atoms with E-state index < -0.39 is 0 Å². The Hall–Kier alpha value is -3.48. The summed E-state index contributed by atoms with van der Waals surface area (Å²) < 4.78 is 15.7. The molecule has 2 aromatic heterocycles. The van der Waals surface area contributed by atoms with Crippen LogP contribution in [0.4, 0.5) is 15.9 Å². The van der Waals surface area contributed by atoms with E-state index in [2.05, 4.69) is 20.4 Å². The summed E-state index contributed by atoms with van der Waals surface area (Å²) in [5.41, 5.74) is 3.21. The predicted octanol–water partition coefficient (Wildman–Crippen LogP) is 4.02. The van der Waals surface area contributed by atoms with Crippen LogP contribution < -0.4 is 5.32 Å². The molecule has 2 heterocycles. The Morgan fingerprint density at radius 3 is 2.65 bits per heavy atom. The first kappa shape index (κ1) is 16.0. The molecule has 4 aromatic rings. The van der Waals surface area contributed by atoms with E-state index in [0.717, 1.165) is 11.3 Å². The molecule has 26 heavy (non-hydrogen) atoms. The molecular weight excluding hydrogens is 333 g/mol. The highest BCUT2D eigenvalue weighted by atomic mass is 19.1. The Labute approximate surface area is 149 Å². The normalized spacial score (nSPS) is 11.0. The summed E-state index contributed by atoms with van der Waals surface area (Å²) in [5.74, 6) is 0.396. The number of phenols is 1. The Bertz CT molecular complexity index is 1120. The second-order valence-corrected chi connectivity index (χ2v) is 5.99. The number of nitrogens with one attached hydrogen (secondary N) is 1. The van der Waals surface area contributed by atoms with Crippen LogP contribution in [0.5, 0.6) is 5.75 Å². The molecule has 4 rings (SSSR count). The molecule has 0 saturated carbocycles. The smallest absolute Gasteiger partial charge is 0.168 e. The number of halogens is 1. The molecule has 0 spiro atoms. The van der Waals surface area contributed by atoms with Crippen LogP contribution in [0.1, 0.15) is 11.3 Å². The molecule has 0 radical (unpaired) electrons. The van der Waals surface area contributed by atoms with Gasteiger partial charge in [-0.25, -0.2) is 19.0 Å². The molecule has 0 aliphatic heterocycles. The molecule has 7 heteroatoms. The van der Waals surface area contributed by atoms with Gasteiger partial charge in [-0.2, -0.15) is 5.10 Å². The largest absolute Gasteiger partial charge is 0.508 e. The van der Waals surface area contributed by atoms with Gasteiger partial charge in [0.25, 0.3) is 0 Å². The van der Waals surface area contributed by atoms with Gasteiger partial charge in [-0.3, -0.25) is 0 Å². The van der Waals surface area contributed by atoms with Crippen molar-refractivity contribution in [3.63, 3.8) is 0 Å². The standard InChI is InChI=1S/C19H16FN5O/c1-11-9-13(26)7-8-15(11)23-18-17-12(2)24-25(19(17)22-10-21-18)16-6-4-3-5-14(16)20/h3-10,26H,1-2H3,(H,21,22,23). The average Bonchev–Trinajstić information content (AvgIpc) is 2.95. The highest BCUT2D eigenvalue weighted by molar-refractivity contribution is 5.92. The Balaban J connectivity index is 1.87. The van der Waals surface area contributed by atoms with Gasteiger partial charge < -0.3 is 10.4 Å². The lowest BCUT2D eigenvalue weighted by Crippen LogP contribution is -2.02. The summed E-state index contributed by atoms with van der Waals surface area (Å²) in [6.07, 6.45) is 1.42. The van der Waals surface area contributed by atoms with E-state index in [1.165, 1.54) is 17.1 Å². The molecule has 0 fully saturated rings.